The Morgan fingerprint density at radius 3 is 1.75 bits per heavy atom. The SMILES string of the molecule is COC(=O)COc1cccc(OCc2cc(-c3ccccc3)cc(-c3ccccc3)c2)c1. The molecule has 0 saturated heterocycles. The monoisotopic (exact) mass is 424 g/mol. The van der Waals surface area contributed by atoms with Gasteiger partial charge in [-0.1, -0.05) is 66.7 Å². The fourth-order valence-corrected chi connectivity index (χ4v) is 3.39. The number of carbonyl (C=O) groups excluding carboxylic acids is 1. The highest BCUT2D eigenvalue weighted by Gasteiger charge is 2.07. The van der Waals surface area contributed by atoms with Crippen LogP contribution in [0.25, 0.3) is 22.3 Å². The van der Waals surface area contributed by atoms with Crippen molar-refractivity contribution in [3.8, 4) is 33.8 Å². The summed E-state index contributed by atoms with van der Waals surface area (Å²) >= 11 is 0. The van der Waals surface area contributed by atoms with Crippen molar-refractivity contribution in [2.45, 2.75) is 6.61 Å². The lowest BCUT2D eigenvalue weighted by Crippen LogP contribution is -2.12. The van der Waals surface area contributed by atoms with Crippen molar-refractivity contribution in [3.05, 3.63) is 109 Å². The van der Waals surface area contributed by atoms with Crippen LogP contribution in [0.2, 0.25) is 0 Å². The first-order chi connectivity index (χ1) is 15.7. The lowest BCUT2D eigenvalue weighted by Gasteiger charge is -2.13. The maximum Gasteiger partial charge on any atom is 0.343 e. The molecule has 4 nitrogen and oxygen atoms in total. The van der Waals surface area contributed by atoms with Crippen LogP contribution in [0.15, 0.2) is 103 Å². The van der Waals surface area contributed by atoms with Crippen LogP contribution in [-0.2, 0) is 16.1 Å². The molecule has 0 amide bonds. The van der Waals surface area contributed by atoms with E-state index in [0.717, 1.165) is 27.8 Å². The van der Waals surface area contributed by atoms with E-state index in [-0.39, 0.29) is 6.61 Å². The van der Waals surface area contributed by atoms with Crippen molar-refractivity contribution < 1.29 is 19.0 Å². The smallest absolute Gasteiger partial charge is 0.343 e. The Labute approximate surface area is 188 Å². The minimum atomic E-state index is -0.428. The number of carbonyl (C=O) groups is 1. The minimum Gasteiger partial charge on any atom is -0.489 e. The average molecular weight is 424 g/mol. The van der Waals surface area contributed by atoms with Crippen LogP contribution in [0.1, 0.15) is 5.56 Å². The van der Waals surface area contributed by atoms with Crippen LogP contribution in [0.5, 0.6) is 11.5 Å². The molecule has 0 atom stereocenters. The third-order valence-electron chi connectivity index (χ3n) is 5.00. The van der Waals surface area contributed by atoms with E-state index in [9.17, 15) is 4.79 Å². The molecule has 0 saturated carbocycles. The van der Waals surface area contributed by atoms with Gasteiger partial charge in [0.1, 0.15) is 18.1 Å². The molecule has 0 radical (unpaired) electrons. The lowest BCUT2D eigenvalue weighted by atomic mass is 9.96. The number of ether oxygens (including phenoxy) is 3. The highest BCUT2D eigenvalue weighted by molar-refractivity contribution is 5.74. The number of benzene rings is 4. The highest BCUT2D eigenvalue weighted by atomic mass is 16.6. The van der Waals surface area contributed by atoms with E-state index in [1.807, 2.05) is 48.5 Å². The molecule has 160 valence electrons. The molecule has 0 unspecified atom stereocenters. The first-order valence-electron chi connectivity index (χ1n) is 10.4. The molecule has 32 heavy (non-hydrogen) atoms. The number of rotatable bonds is 8. The first kappa shape index (κ1) is 21.2. The summed E-state index contributed by atoms with van der Waals surface area (Å²) < 4.78 is 16.1. The minimum absolute atomic E-state index is 0.139. The Bertz CT molecular complexity index is 1110. The number of hydrogen-bond acceptors (Lipinski definition) is 4. The van der Waals surface area contributed by atoms with Crippen LogP contribution in [0.4, 0.5) is 0 Å². The molecular weight excluding hydrogens is 400 g/mol. The Kier molecular flexibility index (Phi) is 6.83. The summed E-state index contributed by atoms with van der Waals surface area (Å²) in [6.45, 7) is 0.264. The maximum absolute atomic E-state index is 11.3. The van der Waals surface area contributed by atoms with Crippen molar-refractivity contribution in [1.29, 1.82) is 0 Å². The second-order valence-corrected chi connectivity index (χ2v) is 7.28. The van der Waals surface area contributed by atoms with Crippen LogP contribution < -0.4 is 9.47 Å². The standard InChI is InChI=1S/C28H24O4/c1-30-28(29)20-32-27-14-8-13-26(18-27)31-19-21-15-24(22-9-4-2-5-10-22)17-25(16-21)23-11-6-3-7-12-23/h2-18H,19-20H2,1H3. The lowest BCUT2D eigenvalue weighted by molar-refractivity contribution is -0.142. The molecule has 0 aromatic heterocycles. The van der Waals surface area contributed by atoms with Crippen LogP contribution in [0.3, 0.4) is 0 Å². The third kappa shape index (κ3) is 5.55. The molecule has 4 heteroatoms. The largest absolute Gasteiger partial charge is 0.489 e. The normalized spacial score (nSPS) is 10.4. The molecule has 0 bridgehead atoms. The Morgan fingerprint density at radius 1 is 0.625 bits per heavy atom. The summed E-state index contributed by atoms with van der Waals surface area (Å²) in [7, 11) is 1.33. The van der Waals surface area contributed by atoms with Gasteiger partial charge in [-0.15, -0.1) is 0 Å². The quantitative estimate of drug-likeness (QED) is 0.318. The molecular formula is C28H24O4. The Hall–Kier alpha value is -4.05. The topological polar surface area (TPSA) is 44.8 Å². The molecule has 0 aliphatic rings. The fourth-order valence-electron chi connectivity index (χ4n) is 3.39. The average Bonchev–Trinajstić information content (AvgIpc) is 2.87. The third-order valence-corrected chi connectivity index (χ3v) is 5.00. The van der Waals surface area contributed by atoms with Gasteiger partial charge in [0, 0.05) is 6.07 Å². The highest BCUT2D eigenvalue weighted by Crippen LogP contribution is 2.29. The van der Waals surface area contributed by atoms with Gasteiger partial charge in [0.15, 0.2) is 6.61 Å². The summed E-state index contributed by atoms with van der Waals surface area (Å²) in [5.41, 5.74) is 5.65. The number of methoxy groups -OCH3 is 1. The summed E-state index contributed by atoms with van der Waals surface area (Å²) in [4.78, 5) is 11.3. The van der Waals surface area contributed by atoms with E-state index in [0.29, 0.717) is 18.1 Å². The second kappa shape index (κ2) is 10.3. The first-order valence-corrected chi connectivity index (χ1v) is 10.4. The van der Waals surface area contributed by atoms with Crippen molar-refractivity contribution in [2.24, 2.45) is 0 Å². The van der Waals surface area contributed by atoms with E-state index in [1.165, 1.54) is 7.11 Å². The molecule has 0 aliphatic carbocycles. The molecule has 0 N–H and O–H groups in total. The number of hydrogen-bond donors (Lipinski definition) is 0. The van der Waals surface area contributed by atoms with Crippen molar-refractivity contribution >= 4 is 5.97 Å². The Balaban J connectivity index is 1.56. The van der Waals surface area contributed by atoms with Gasteiger partial charge in [-0.05, 0) is 58.1 Å². The van der Waals surface area contributed by atoms with Crippen LogP contribution in [0, 0.1) is 0 Å². The van der Waals surface area contributed by atoms with Gasteiger partial charge in [-0.3, -0.25) is 0 Å². The fraction of sp³-hybridized carbons (Fsp3) is 0.107. The van der Waals surface area contributed by atoms with E-state index in [2.05, 4.69) is 47.2 Å². The van der Waals surface area contributed by atoms with Crippen molar-refractivity contribution in [3.63, 3.8) is 0 Å². The van der Waals surface area contributed by atoms with E-state index < -0.39 is 5.97 Å². The summed E-state index contributed by atoms with van der Waals surface area (Å²) in [6.07, 6.45) is 0. The second-order valence-electron chi connectivity index (χ2n) is 7.28. The molecule has 4 aromatic carbocycles. The van der Waals surface area contributed by atoms with Crippen molar-refractivity contribution in [1.82, 2.24) is 0 Å². The van der Waals surface area contributed by atoms with E-state index >= 15 is 0 Å². The maximum atomic E-state index is 11.3. The van der Waals surface area contributed by atoms with E-state index in [1.54, 1.807) is 12.1 Å². The van der Waals surface area contributed by atoms with Crippen LogP contribution in [-0.4, -0.2) is 19.7 Å². The van der Waals surface area contributed by atoms with Crippen molar-refractivity contribution in [2.75, 3.05) is 13.7 Å². The van der Waals surface area contributed by atoms with Gasteiger partial charge in [-0.25, -0.2) is 4.79 Å². The summed E-state index contributed by atoms with van der Waals surface area (Å²) in [6, 6.07) is 34.4. The molecule has 0 heterocycles. The van der Waals surface area contributed by atoms with Gasteiger partial charge in [-0.2, -0.15) is 0 Å². The molecule has 4 aromatic rings. The number of esters is 1. The van der Waals surface area contributed by atoms with Crippen LogP contribution >= 0.6 is 0 Å². The zero-order chi connectivity index (χ0) is 22.2. The predicted octanol–water partition coefficient (Wildman–Crippen LogP) is 6.15. The summed E-state index contributed by atoms with van der Waals surface area (Å²) in [5.74, 6) is 0.789. The van der Waals surface area contributed by atoms with Gasteiger partial charge in [0.05, 0.1) is 7.11 Å². The van der Waals surface area contributed by atoms with E-state index in [4.69, 9.17) is 9.47 Å². The molecule has 4 rings (SSSR count). The molecule has 0 aliphatic heterocycles. The predicted molar refractivity (Wildman–Crippen MR) is 126 cm³/mol. The zero-order valence-electron chi connectivity index (χ0n) is 17.9. The van der Waals surface area contributed by atoms with Gasteiger partial charge >= 0.3 is 5.97 Å². The zero-order valence-corrected chi connectivity index (χ0v) is 17.9. The molecule has 0 fully saturated rings. The van der Waals surface area contributed by atoms with Gasteiger partial charge in [0.2, 0.25) is 0 Å². The van der Waals surface area contributed by atoms with Gasteiger partial charge < -0.3 is 14.2 Å². The molecule has 0 spiro atoms. The Morgan fingerprint density at radius 2 is 1.19 bits per heavy atom. The van der Waals surface area contributed by atoms with Gasteiger partial charge in [0.25, 0.3) is 0 Å². The summed E-state index contributed by atoms with van der Waals surface area (Å²) in [5, 5.41) is 0.